The van der Waals surface area contributed by atoms with Crippen molar-refractivity contribution in [2.75, 3.05) is 0 Å². The van der Waals surface area contributed by atoms with Gasteiger partial charge in [-0.15, -0.1) is 0 Å². The summed E-state index contributed by atoms with van der Waals surface area (Å²) >= 11 is -4.76. The molecule has 211 valence electrons. The Balaban J connectivity index is 1.48. The first kappa shape index (κ1) is 28.5. The van der Waals surface area contributed by atoms with Gasteiger partial charge in [-0.05, 0) is 0 Å². The average molecular weight is 684 g/mol. The van der Waals surface area contributed by atoms with Crippen LogP contribution in [0.1, 0.15) is 52.1 Å². The maximum absolute atomic E-state index is 8.48. The van der Waals surface area contributed by atoms with Crippen LogP contribution in [0.4, 0.5) is 0 Å². The molecule has 1 unspecified atom stereocenters. The standard InChI is InChI=1S/C23H21.C13H9.C2H7Si.2ClH.Zr/c1-2-3-8-17-15-19-11-7-14-22(23(19)16-17)21-13-6-10-18-9-4-5-12-20(18)21;1-3-7-12-10(5-1)9-11-6-2-4-8-13(11)12;1-3-2;;;/h4-7,9-16H,2-3,8H2,1H3;1-5,7-8H,9H2;3H,1-2H3;2*1H;/q;;;;;+2/p-2. The van der Waals surface area contributed by atoms with Crippen LogP contribution in [0.3, 0.4) is 0 Å². The quantitative estimate of drug-likeness (QED) is 0.147. The van der Waals surface area contributed by atoms with Crippen LogP contribution in [0.15, 0.2) is 109 Å². The first-order chi connectivity index (χ1) is 20.3. The van der Waals surface area contributed by atoms with Gasteiger partial charge < -0.3 is 0 Å². The van der Waals surface area contributed by atoms with Crippen molar-refractivity contribution in [3.8, 4) is 22.3 Å². The molecule has 2 aliphatic rings. The zero-order valence-electron chi connectivity index (χ0n) is 24.6. The van der Waals surface area contributed by atoms with Crippen molar-refractivity contribution in [2.24, 2.45) is 0 Å². The van der Waals surface area contributed by atoms with E-state index >= 15 is 0 Å². The summed E-state index contributed by atoms with van der Waals surface area (Å²) in [6, 6.07) is 38.0. The zero-order valence-corrected chi connectivity index (χ0v) is 29.8. The van der Waals surface area contributed by atoms with Crippen molar-refractivity contribution in [1.29, 1.82) is 0 Å². The summed E-state index contributed by atoms with van der Waals surface area (Å²) < 4.78 is 1.43. The molecular weight excluding hydrogens is 647 g/mol. The van der Waals surface area contributed by atoms with Crippen molar-refractivity contribution < 1.29 is 15.6 Å². The van der Waals surface area contributed by atoms with Crippen LogP contribution in [-0.2, 0) is 22.0 Å². The second kappa shape index (κ2) is 10.7. The third kappa shape index (κ3) is 4.24. The molecule has 0 saturated carbocycles. The van der Waals surface area contributed by atoms with Gasteiger partial charge in [-0.3, -0.25) is 0 Å². The molecule has 5 aromatic rings. The molecule has 0 heterocycles. The van der Waals surface area contributed by atoms with Crippen molar-refractivity contribution >= 4 is 43.1 Å². The Morgan fingerprint density at radius 1 is 0.738 bits per heavy atom. The number of fused-ring (bicyclic) bond motifs is 5. The van der Waals surface area contributed by atoms with Gasteiger partial charge in [-0.2, -0.15) is 0 Å². The number of allylic oxidation sites excluding steroid dienone is 1. The third-order valence-electron chi connectivity index (χ3n) is 10.0. The van der Waals surface area contributed by atoms with Crippen LogP contribution in [0.2, 0.25) is 13.1 Å². The predicted molar refractivity (Wildman–Crippen MR) is 185 cm³/mol. The summed E-state index contributed by atoms with van der Waals surface area (Å²) in [6.07, 6.45) is 6.78. The van der Waals surface area contributed by atoms with Crippen molar-refractivity contribution in [2.45, 2.75) is 49.3 Å². The van der Waals surface area contributed by atoms with Crippen molar-refractivity contribution in [3.05, 3.63) is 131 Å². The monoisotopic (exact) mass is 681 g/mol. The van der Waals surface area contributed by atoms with Gasteiger partial charge in [-0.25, -0.2) is 0 Å². The van der Waals surface area contributed by atoms with Crippen LogP contribution in [0.25, 0.3) is 39.1 Å². The van der Waals surface area contributed by atoms with Gasteiger partial charge in [0.05, 0.1) is 0 Å². The first-order valence-electron chi connectivity index (χ1n) is 15.4. The Bertz CT molecular complexity index is 1880. The van der Waals surface area contributed by atoms with E-state index in [2.05, 4.69) is 129 Å². The van der Waals surface area contributed by atoms with Crippen LogP contribution in [-0.4, -0.2) is 5.92 Å². The Morgan fingerprint density at radius 2 is 1.40 bits per heavy atom. The minimum absolute atomic E-state index is 0.105. The van der Waals surface area contributed by atoms with Crippen LogP contribution in [0, 0.1) is 0 Å². The number of hydrogen-bond acceptors (Lipinski definition) is 0. The fourth-order valence-electron chi connectivity index (χ4n) is 7.79. The Morgan fingerprint density at radius 3 is 2.24 bits per heavy atom. The van der Waals surface area contributed by atoms with Gasteiger partial charge in [0.2, 0.25) is 0 Å². The molecule has 0 aliphatic heterocycles. The van der Waals surface area contributed by atoms with Gasteiger partial charge in [-0.1, -0.05) is 0 Å². The van der Waals surface area contributed by atoms with E-state index < -0.39 is 21.5 Å². The number of unbranched alkanes of at least 4 members (excludes halogenated alkanes) is 1. The third-order valence-corrected chi connectivity index (χ3v) is 60.0. The van der Waals surface area contributed by atoms with Crippen molar-refractivity contribution in [1.82, 2.24) is 0 Å². The number of benzene rings is 5. The summed E-state index contributed by atoms with van der Waals surface area (Å²) in [6.45, 7) is 7.14. The summed E-state index contributed by atoms with van der Waals surface area (Å²) in [5.74, 6) is -1.59. The molecular formula is C38H37Cl2SiZr. The van der Waals surface area contributed by atoms with Gasteiger partial charge >= 0.3 is 261 Å². The van der Waals surface area contributed by atoms with E-state index in [1.54, 1.807) is 0 Å². The van der Waals surface area contributed by atoms with Gasteiger partial charge in [0.25, 0.3) is 0 Å². The second-order valence-electron chi connectivity index (χ2n) is 12.6. The number of hydrogen-bond donors (Lipinski definition) is 0. The molecule has 0 aromatic heterocycles. The molecule has 0 bridgehead atoms. The molecule has 7 rings (SSSR count). The SMILES string of the molecule is CCCCC1=Cc2c(-c3cccc4ccccc34)cccc2[CH]1[Zr]([Cl])([Cl])([c]1cccc2c1Cc1ccccc1-2)[SiH](C)C. The second-order valence-corrected chi connectivity index (χ2v) is 54.0. The minimum atomic E-state index is -4.76. The molecule has 0 radical (unpaired) electrons. The predicted octanol–water partition coefficient (Wildman–Crippen LogP) is 11.0. The Labute approximate surface area is 259 Å². The molecule has 4 heteroatoms. The number of halogens is 2. The summed E-state index contributed by atoms with van der Waals surface area (Å²) in [7, 11) is 17.0. The van der Waals surface area contributed by atoms with E-state index in [4.69, 9.17) is 17.0 Å². The first-order valence-corrected chi connectivity index (χ1v) is 31.5. The molecule has 42 heavy (non-hydrogen) atoms. The summed E-state index contributed by atoms with van der Waals surface area (Å²) in [5.41, 5.74) is 12.2. The van der Waals surface area contributed by atoms with Crippen LogP contribution >= 0.6 is 17.0 Å². The topological polar surface area (TPSA) is 0 Å². The van der Waals surface area contributed by atoms with E-state index in [1.807, 2.05) is 0 Å². The molecule has 0 nitrogen and oxygen atoms in total. The van der Waals surface area contributed by atoms with E-state index in [0.717, 1.165) is 25.7 Å². The summed E-state index contributed by atoms with van der Waals surface area (Å²) in [4.78, 5) is 0. The Kier molecular flexibility index (Phi) is 7.30. The summed E-state index contributed by atoms with van der Waals surface area (Å²) in [5, 5.41) is 2.56. The maximum atomic E-state index is 8.48. The normalized spacial score (nSPS) is 16.6. The fourth-order valence-corrected chi connectivity index (χ4v) is 35.7. The molecule has 1 atom stereocenters. The van der Waals surface area contributed by atoms with Crippen LogP contribution < -0.4 is 3.27 Å². The molecule has 0 N–H and O–H groups in total. The molecule has 0 amide bonds. The van der Waals surface area contributed by atoms with E-state index in [1.165, 1.54) is 64.1 Å². The van der Waals surface area contributed by atoms with Crippen molar-refractivity contribution in [3.63, 3.8) is 0 Å². The number of rotatable bonds is 7. The fraction of sp³-hybridized carbons (Fsp3) is 0.211. The van der Waals surface area contributed by atoms with Gasteiger partial charge in [0, 0.05) is 0 Å². The zero-order chi connectivity index (χ0) is 29.1. The van der Waals surface area contributed by atoms with Crippen LogP contribution in [0.5, 0.6) is 0 Å². The van der Waals surface area contributed by atoms with E-state index in [9.17, 15) is 0 Å². The van der Waals surface area contributed by atoms with Gasteiger partial charge in [0.15, 0.2) is 0 Å². The van der Waals surface area contributed by atoms with E-state index in [-0.39, 0.29) is 3.63 Å². The molecule has 5 aromatic carbocycles. The molecule has 0 spiro atoms. The average Bonchev–Trinajstić information content (AvgIpc) is 3.58. The van der Waals surface area contributed by atoms with Gasteiger partial charge in [0.1, 0.15) is 0 Å². The Hall–Kier alpha value is -2.22. The molecule has 0 fully saturated rings. The molecule has 2 aliphatic carbocycles. The van der Waals surface area contributed by atoms with E-state index in [0.29, 0.717) is 0 Å². The molecule has 0 saturated heterocycles.